The van der Waals surface area contributed by atoms with Crippen LogP contribution in [0.1, 0.15) is 74.9 Å². The number of hydrogen-bond acceptors (Lipinski definition) is 25. The molecule has 0 amide bonds. The Morgan fingerprint density at radius 3 is 1.00 bits per heavy atom. The zero-order chi connectivity index (χ0) is 90.4. The molecule has 2 saturated heterocycles. The number of anilines is 8. The molecular weight excluding hydrogens is 1910 g/mol. The van der Waals surface area contributed by atoms with Gasteiger partial charge in [0.1, 0.15) is 0 Å². The van der Waals surface area contributed by atoms with Gasteiger partial charge in [0, 0.05) is 216 Å². The summed E-state index contributed by atoms with van der Waals surface area (Å²) in [6.45, 7) is 8.32. The van der Waals surface area contributed by atoms with Crippen molar-refractivity contribution in [3.8, 4) is 0 Å². The summed E-state index contributed by atoms with van der Waals surface area (Å²) in [7, 11) is -6.93. The second-order valence-corrected chi connectivity index (χ2v) is 43.6. The number of rotatable bonds is 18. The molecule has 0 bridgehead atoms. The van der Waals surface area contributed by atoms with Crippen molar-refractivity contribution in [1.82, 2.24) is 0 Å². The average molecular weight is 2010 g/mol. The number of hydrogen-bond donors (Lipinski definition) is 0. The third-order valence-corrected chi connectivity index (χ3v) is 34.1. The summed E-state index contributed by atoms with van der Waals surface area (Å²) in [4.78, 5) is 35.9. The number of fused-ring (bicyclic) bond motifs is 10. The first kappa shape index (κ1) is 105. The van der Waals surface area contributed by atoms with Gasteiger partial charge in [-0.05, 0) is 103 Å². The molecule has 0 unspecified atom stereocenters. The van der Waals surface area contributed by atoms with Crippen LogP contribution in [0.25, 0.3) is 22.3 Å². The van der Waals surface area contributed by atoms with Crippen LogP contribution < -0.4 is 118 Å². The third kappa shape index (κ3) is 27.4. The molecule has 0 atom stereocenters. The van der Waals surface area contributed by atoms with E-state index in [0.29, 0.717) is 72.5 Å². The van der Waals surface area contributed by atoms with Crippen molar-refractivity contribution < 1.29 is 149 Å². The Hall–Kier alpha value is -5.62. The largest absolute Gasteiger partial charge is 1.00 e. The Bertz CT molecular complexity index is 6040. The molecule has 0 saturated carbocycles. The summed E-state index contributed by atoms with van der Waals surface area (Å²) in [5, 5.41) is 0. The van der Waals surface area contributed by atoms with E-state index in [0.717, 1.165) is 49.1 Å². The number of para-hydroxylation sites is 8. The van der Waals surface area contributed by atoms with Gasteiger partial charge in [-0.3, -0.25) is 0 Å². The topological polar surface area (TPSA) is 198 Å². The second-order valence-electron chi connectivity index (χ2n) is 31.4. The molecule has 8 aliphatic rings. The van der Waals surface area contributed by atoms with Crippen molar-refractivity contribution in [2.45, 2.75) is 58.0 Å². The van der Waals surface area contributed by atoms with Crippen LogP contribution in [0.4, 0.5) is 45.5 Å². The van der Waals surface area contributed by atoms with Gasteiger partial charge in [0.25, 0.3) is 0 Å². The molecule has 0 spiro atoms. The van der Waals surface area contributed by atoms with Gasteiger partial charge >= 0.3 is 88.7 Å². The Balaban J connectivity index is 0.000000145. The van der Waals surface area contributed by atoms with E-state index < -0.39 is 17.9 Å². The first-order valence-electron chi connectivity index (χ1n) is 44.1. The monoisotopic (exact) mass is 2010 g/mol. The third-order valence-electron chi connectivity index (χ3n) is 22.6. The summed E-state index contributed by atoms with van der Waals surface area (Å²) in [5.74, 6) is 3.01. The van der Waals surface area contributed by atoms with Crippen molar-refractivity contribution in [2.75, 3.05) is 141 Å². The van der Waals surface area contributed by atoms with E-state index in [4.69, 9.17) is 28.4 Å². The van der Waals surface area contributed by atoms with Crippen LogP contribution >= 0.6 is 102 Å². The molecular formula is C105H100N4Na3O13PS9. The second kappa shape index (κ2) is 52.4. The van der Waals surface area contributed by atoms with Gasteiger partial charge in [0.15, 0.2) is 0 Å². The molecule has 0 aliphatic carbocycles. The van der Waals surface area contributed by atoms with Gasteiger partial charge in [0.2, 0.25) is 0 Å². The number of benzene rings is 12. The molecule has 17 nitrogen and oxygen atoms in total. The van der Waals surface area contributed by atoms with Gasteiger partial charge < -0.3 is 71.4 Å². The van der Waals surface area contributed by atoms with Crippen LogP contribution in [0.5, 0.6) is 0 Å². The predicted molar refractivity (Wildman–Crippen MR) is 547 cm³/mol. The fourth-order valence-electron chi connectivity index (χ4n) is 16.7. The molecule has 8 aliphatic heterocycles. The van der Waals surface area contributed by atoms with Gasteiger partial charge in [0.05, 0.1) is 92.0 Å². The van der Waals surface area contributed by atoms with E-state index in [1.807, 2.05) is 76.6 Å². The van der Waals surface area contributed by atoms with Gasteiger partial charge in [-0.1, -0.05) is 278 Å². The van der Waals surface area contributed by atoms with Crippen LogP contribution in [-0.2, 0) is 60.7 Å². The smallest absolute Gasteiger partial charge is 0.790 e. The first-order valence-corrected chi connectivity index (χ1v) is 54.4. The number of ether oxygens (including phenoxy) is 6. The summed E-state index contributed by atoms with van der Waals surface area (Å²) in [6, 6.07) is 108. The van der Waals surface area contributed by atoms with E-state index in [-0.39, 0.29) is 120 Å². The maximum absolute atomic E-state index is 10.7. The molecule has 20 rings (SSSR count). The Morgan fingerprint density at radius 2 is 0.644 bits per heavy atom. The molecule has 12 aromatic carbocycles. The average Bonchev–Trinajstić information content (AvgIpc) is 1.74. The molecule has 30 heteroatoms. The van der Waals surface area contributed by atoms with Crippen molar-refractivity contribution in [3.63, 3.8) is 0 Å². The zero-order valence-corrected chi connectivity index (χ0v) is 90.2. The Labute approximate surface area is 893 Å². The SMILES string of the molecule is CN1c2ccccc2C(=C2Sc3ccccc3S2)c2ccccc21.O=P([O-])([O-])OCCCOC1CSC(=C2c3ccccc3N(Cc3ccccc3)c3ccccc32)SC1.O=S(=O)([O-])CCCOCCCN1c2ccccc2C(=C2Sc3ccccc3S2)c2ccccc21.[Na+].[Na+].[Na+].c1ccc(CN2c3ccccc3C(=C3SCCOCCOCCOCCOCCS3)c3ccccc32)cc1. The molecule has 135 heavy (non-hydrogen) atoms. The molecule has 8 heterocycles. The van der Waals surface area contributed by atoms with Crippen LogP contribution in [0.15, 0.2) is 340 Å². The van der Waals surface area contributed by atoms with Crippen LogP contribution in [0.2, 0.25) is 0 Å². The molecule has 12 aromatic rings. The predicted octanol–water partition coefficient (Wildman–Crippen LogP) is 15.2. The number of nitrogens with zero attached hydrogens (tertiary/aromatic N) is 4. The van der Waals surface area contributed by atoms with E-state index >= 15 is 0 Å². The normalized spacial score (nSPS) is 16.3. The summed E-state index contributed by atoms with van der Waals surface area (Å²) in [6.07, 6.45) is 1.44. The maximum atomic E-state index is 10.7. The number of phosphoric acid groups is 1. The van der Waals surface area contributed by atoms with Crippen molar-refractivity contribution in [2.24, 2.45) is 0 Å². The summed E-state index contributed by atoms with van der Waals surface area (Å²) < 4.78 is 86.7. The van der Waals surface area contributed by atoms with Crippen LogP contribution in [0, 0.1) is 0 Å². The minimum absolute atomic E-state index is 0. The summed E-state index contributed by atoms with van der Waals surface area (Å²) in [5.41, 5.74) is 27.7. The Morgan fingerprint density at radius 1 is 0.348 bits per heavy atom. The maximum Gasteiger partial charge on any atom is 1.00 e. The minimum Gasteiger partial charge on any atom is -0.790 e. The van der Waals surface area contributed by atoms with Gasteiger partial charge in [-0.15, -0.1) is 47.0 Å². The van der Waals surface area contributed by atoms with Crippen LogP contribution in [-0.4, -0.2) is 141 Å². The van der Waals surface area contributed by atoms with E-state index in [2.05, 4.69) is 328 Å². The molecule has 680 valence electrons. The van der Waals surface area contributed by atoms with Crippen molar-refractivity contribution >= 4 is 180 Å². The number of thioether (sulfide) groups is 8. The minimum atomic E-state index is -4.91. The molecule has 0 N–H and O–H groups in total. The van der Waals surface area contributed by atoms with Crippen molar-refractivity contribution in [3.05, 3.63) is 376 Å². The first-order chi connectivity index (χ1) is 64.7. The van der Waals surface area contributed by atoms with E-state index in [1.165, 1.54) is 160 Å². The molecule has 0 aromatic heterocycles. The van der Waals surface area contributed by atoms with Gasteiger partial charge in [-0.25, -0.2) is 8.42 Å². The summed E-state index contributed by atoms with van der Waals surface area (Å²) >= 11 is 14.8. The van der Waals surface area contributed by atoms with Gasteiger partial charge in [-0.2, -0.15) is 0 Å². The Kier molecular flexibility index (Phi) is 40.8. The van der Waals surface area contributed by atoms with E-state index in [9.17, 15) is 27.3 Å². The zero-order valence-electron chi connectivity index (χ0n) is 75.9. The quantitative estimate of drug-likeness (QED) is 0.0340. The fraction of sp³-hybridized carbons (Fsp3) is 0.238. The van der Waals surface area contributed by atoms with Crippen LogP contribution in [0.3, 0.4) is 0 Å². The molecule has 0 radical (unpaired) electrons. The fourth-order valence-corrected chi connectivity index (χ4v) is 27.8. The number of phosphoric ester groups is 1. The van der Waals surface area contributed by atoms with Crippen molar-refractivity contribution in [1.29, 1.82) is 0 Å². The standard InChI is InChI=1S/C31H35NO4S2.C27H28NO5PS2.C26H25NO4S3.C21H15NS2.3Na/c1-2-8-25(9-3-1)24-32-28-12-6-4-10-26(28)30(27-11-5-7-13-29(27)32)31-37-22-20-35-18-16-33-14-15-34-17-19-36-21-23-38-31;29-34(30,31)33-16-8-15-32-21-18-35-27(36-19-21)26-22-11-4-6-13-24(22)28(17-20-9-2-1-3-10-20)25-14-7-5-12-23(25)26;28-34(29,30)18-8-17-31-16-7-15-27-21-11-3-1-9-19(21)25(20-10-2-4-12-22(20)27)26-32-23-13-5-6-14-24(23)33-26;1-22-16-10-4-2-8-14(16)20(15-9-3-5-11-17(15)22)21-23-18-12-6-7-13-19(18)24-21;;;/h1-13H,14-24H2;1-7,9-14,21H,8,15-19H2,(H2,29,30,31);1-6,9-14H,7-8,15-18H2,(H,28,29,30);2-13H,1H3;;;/q;;;;3*+1/p-3. The molecule has 2 fully saturated rings. The van der Waals surface area contributed by atoms with E-state index in [1.54, 1.807) is 23.5 Å².